The summed E-state index contributed by atoms with van der Waals surface area (Å²) in [6, 6.07) is -10.6. The Kier molecular flexibility index (Phi) is 23.4. The molecular weight excluding hydrogens is 794 g/mol. The van der Waals surface area contributed by atoms with E-state index in [0.29, 0.717) is 31.5 Å². The van der Waals surface area contributed by atoms with Gasteiger partial charge in [-0.25, -0.2) is 9.78 Å². The van der Waals surface area contributed by atoms with Crippen molar-refractivity contribution in [1.29, 1.82) is 0 Å². The van der Waals surface area contributed by atoms with Gasteiger partial charge in [0.15, 0.2) is 5.96 Å². The second-order valence-electron chi connectivity index (χ2n) is 14.4. The number of imidazole rings is 1. The van der Waals surface area contributed by atoms with E-state index in [2.05, 4.69) is 46.9 Å². The largest absolute Gasteiger partial charge is 0.481 e. The molecule has 6 amide bonds. The van der Waals surface area contributed by atoms with Crippen LogP contribution >= 0.6 is 0 Å². The molecule has 0 unspecified atom stereocenters. The van der Waals surface area contributed by atoms with Crippen LogP contribution in [0.1, 0.15) is 71.4 Å². The molecule has 1 aromatic heterocycles. The first-order chi connectivity index (χ1) is 28.2. The first-order valence-corrected chi connectivity index (χ1v) is 19.2. The molecule has 1 heterocycles. The number of hydrogen-bond donors (Lipinski definition) is 15. The third-order valence-corrected chi connectivity index (χ3v) is 8.71. The molecule has 0 fully saturated rings. The van der Waals surface area contributed by atoms with E-state index < -0.39 is 109 Å². The molecule has 19 N–H and O–H groups in total. The molecule has 25 heteroatoms. The molecule has 0 aliphatic carbocycles. The summed E-state index contributed by atoms with van der Waals surface area (Å²) in [7, 11) is 0. The number of nitrogens with one attached hydrogen (secondary N) is 7. The first kappa shape index (κ1) is 52.1. The number of nitrogens with zero attached hydrogens (tertiary/aromatic N) is 2. The van der Waals surface area contributed by atoms with Crippen molar-refractivity contribution >= 4 is 53.3 Å². The van der Waals surface area contributed by atoms with Crippen LogP contribution in [-0.4, -0.2) is 152 Å². The number of hydrogen-bond acceptors (Lipinski definition) is 14. The van der Waals surface area contributed by atoms with Crippen LogP contribution in [-0.2, 0) is 44.8 Å². The highest BCUT2D eigenvalue weighted by molar-refractivity contribution is 5.98. The Morgan fingerprint density at radius 3 is 1.85 bits per heavy atom. The van der Waals surface area contributed by atoms with Gasteiger partial charge in [0.1, 0.15) is 36.3 Å². The van der Waals surface area contributed by atoms with Crippen LogP contribution in [0.4, 0.5) is 0 Å². The highest BCUT2D eigenvalue weighted by atomic mass is 16.4. The van der Waals surface area contributed by atoms with Gasteiger partial charge in [-0.15, -0.1) is 0 Å². The van der Waals surface area contributed by atoms with E-state index in [-0.39, 0.29) is 44.1 Å². The molecular formula is C35H61N13O12. The Bertz CT molecular complexity index is 1610. The predicted molar refractivity (Wildman–Crippen MR) is 213 cm³/mol. The van der Waals surface area contributed by atoms with Crippen LogP contribution in [0, 0.1) is 5.92 Å². The number of aliphatic carboxylic acids is 2. The maximum atomic E-state index is 13.9. The third-order valence-electron chi connectivity index (χ3n) is 8.71. The van der Waals surface area contributed by atoms with E-state index >= 15 is 0 Å². The average molecular weight is 856 g/mol. The minimum absolute atomic E-state index is 0.0286. The molecule has 0 aromatic carbocycles. The summed E-state index contributed by atoms with van der Waals surface area (Å²) >= 11 is 0. The number of guanidine groups is 1. The average Bonchev–Trinajstić information content (AvgIpc) is 3.68. The van der Waals surface area contributed by atoms with Crippen LogP contribution < -0.4 is 54.8 Å². The molecule has 338 valence electrons. The Labute approximate surface area is 346 Å². The Balaban J connectivity index is 3.28. The Morgan fingerprint density at radius 1 is 0.750 bits per heavy atom. The lowest BCUT2D eigenvalue weighted by Crippen LogP contribution is -2.61. The van der Waals surface area contributed by atoms with E-state index in [1.54, 1.807) is 13.8 Å². The molecule has 1 aromatic rings. The van der Waals surface area contributed by atoms with Gasteiger partial charge in [-0.3, -0.25) is 38.6 Å². The van der Waals surface area contributed by atoms with Crippen molar-refractivity contribution in [2.75, 3.05) is 19.7 Å². The molecule has 1 rings (SSSR count). The van der Waals surface area contributed by atoms with Crippen molar-refractivity contribution in [3.8, 4) is 0 Å². The summed E-state index contributed by atoms with van der Waals surface area (Å²) in [4.78, 5) is 114. The number of nitrogens with two attached hydrogens (primary N) is 4. The molecule has 25 nitrogen and oxygen atoms in total. The van der Waals surface area contributed by atoms with E-state index in [9.17, 15) is 58.8 Å². The number of aromatic nitrogens is 2. The summed E-state index contributed by atoms with van der Waals surface area (Å²) < 4.78 is 0. The highest BCUT2D eigenvalue weighted by Gasteiger charge is 2.35. The van der Waals surface area contributed by atoms with Gasteiger partial charge in [0, 0.05) is 24.9 Å². The van der Waals surface area contributed by atoms with Gasteiger partial charge in [0.05, 0.1) is 31.5 Å². The number of amides is 6. The zero-order chi connectivity index (χ0) is 45.5. The summed E-state index contributed by atoms with van der Waals surface area (Å²) in [6.45, 7) is 4.12. The molecule has 0 saturated carbocycles. The topological polar surface area (TPSA) is 435 Å². The number of carboxylic acid groups (broad SMARTS) is 2. The van der Waals surface area contributed by atoms with Gasteiger partial charge >= 0.3 is 11.9 Å². The van der Waals surface area contributed by atoms with Crippen molar-refractivity contribution in [1.82, 2.24) is 41.9 Å². The lowest BCUT2D eigenvalue weighted by atomic mass is 10.0. The fourth-order valence-corrected chi connectivity index (χ4v) is 5.52. The number of unbranched alkanes of at least 4 members (excludes halogenated alkanes) is 1. The van der Waals surface area contributed by atoms with Gasteiger partial charge < -0.3 is 80.2 Å². The quantitative estimate of drug-likeness (QED) is 0.0203. The molecule has 8 atom stereocenters. The molecule has 0 aliphatic heterocycles. The predicted octanol–water partition coefficient (Wildman–Crippen LogP) is -5.65. The number of aliphatic imine (C=N–C) groups is 1. The smallest absolute Gasteiger partial charge is 0.326 e. The van der Waals surface area contributed by atoms with Gasteiger partial charge in [0.25, 0.3) is 0 Å². The van der Waals surface area contributed by atoms with Crippen LogP contribution in [0.5, 0.6) is 0 Å². The fraction of sp³-hybridized carbons (Fsp3) is 0.657. The minimum Gasteiger partial charge on any atom is -0.481 e. The fourth-order valence-electron chi connectivity index (χ4n) is 5.52. The van der Waals surface area contributed by atoms with E-state index in [1.807, 2.05) is 0 Å². The summed E-state index contributed by atoms with van der Waals surface area (Å²) in [5, 5.41) is 53.4. The molecule has 0 saturated heterocycles. The van der Waals surface area contributed by atoms with Crippen molar-refractivity contribution in [3.05, 3.63) is 18.2 Å². The van der Waals surface area contributed by atoms with Crippen molar-refractivity contribution < 1.29 is 58.8 Å². The van der Waals surface area contributed by atoms with Gasteiger partial charge in [-0.2, -0.15) is 0 Å². The third kappa shape index (κ3) is 19.7. The molecule has 0 radical (unpaired) electrons. The highest BCUT2D eigenvalue weighted by Crippen LogP contribution is 2.10. The minimum atomic E-state index is -1.86. The first-order valence-electron chi connectivity index (χ1n) is 19.2. The summed E-state index contributed by atoms with van der Waals surface area (Å²) in [6.07, 6.45) is 1.04. The molecule has 0 aliphatic rings. The molecule has 0 spiro atoms. The van der Waals surface area contributed by atoms with Crippen LogP contribution in [0.25, 0.3) is 0 Å². The zero-order valence-corrected chi connectivity index (χ0v) is 33.9. The number of aromatic amines is 1. The second kappa shape index (κ2) is 27.0. The summed E-state index contributed by atoms with van der Waals surface area (Å²) in [5.74, 6) is -9.43. The second-order valence-corrected chi connectivity index (χ2v) is 14.4. The lowest BCUT2D eigenvalue weighted by molar-refractivity contribution is -0.143. The van der Waals surface area contributed by atoms with E-state index in [4.69, 9.17) is 22.9 Å². The maximum absolute atomic E-state index is 13.9. The SMILES string of the molecule is CC(C)C[C@H](NC(=O)[C@H](Cc1cnc[nH]1)NC(=O)[C@H](CC(=O)O)NC(=O)[C@H](CO)NC(=O)[C@@H](N)CCCN=C(N)N)C(=O)N[C@H](C(=O)N[C@@H](CCCCN)C(=O)O)[C@@H](C)O. The number of aliphatic hydroxyl groups excluding tert-OH is 2. The number of rotatable bonds is 29. The van der Waals surface area contributed by atoms with Crippen molar-refractivity contribution in [2.45, 2.75) is 121 Å². The standard InChI is InChI=1S/C35H61N13O12/c1-17(2)11-22(31(56)48-27(18(3)50)33(58)43-21(34(59)60)8-4-5-9-36)44-29(54)23(12-19-14-40-16-42-19)45-30(55)24(13-26(51)52)46-32(57)25(15-49)47-28(53)20(37)7-6-10-41-35(38)39/h14,16-18,20-25,27,49-50H,4-13,15,36-37H2,1-3H3,(H,40,42)(H,43,58)(H,44,54)(H,45,55)(H,46,57)(H,47,53)(H,48,56)(H,51,52)(H,59,60)(H4,38,39,41)/t18-,20+,21+,22+,23+,24+,25+,27+/m1/s1. The number of carbonyl (C=O) groups is 8. The van der Waals surface area contributed by atoms with Gasteiger partial charge in [0.2, 0.25) is 35.4 Å². The number of carboxylic acids is 2. The van der Waals surface area contributed by atoms with E-state index in [1.165, 1.54) is 19.4 Å². The molecule has 0 bridgehead atoms. The number of H-pyrrole nitrogens is 1. The van der Waals surface area contributed by atoms with Crippen LogP contribution in [0.3, 0.4) is 0 Å². The zero-order valence-electron chi connectivity index (χ0n) is 33.9. The maximum Gasteiger partial charge on any atom is 0.326 e. The molecule has 60 heavy (non-hydrogen) atoms. The monoisotopic (exact) mass is 855 g/mol. The van der Waals surface area contributed by atoms with Gasteiger partial charge in [-0.05, 0) is 57.9 Å². The lowest BCUT2D eigenvalue weighted by Gasteiger charge is -2.28. The van der Waals surface area contributed by atoms with Crippen molar-refractivity contribution in [3.63, 3.8) is 0 Å². The van der Waals surface area contributed by atoms with Crippen LogP contribution in [0.2, 0.25) is 0 Å². The van der Waals surface area contributed by atoms with E-state index in [0.717, 1.165) is 0 Å². The summed E-state index contributed by atoms with van der Waals surface area (Å²) in [5.41, 5.74) is 22.2. The number of aliphatic hydroxyl groups is 2. The van der Waals surface area contributed by atoms with Crippen molar-refractivity contribution in [2.24, 2.45) is 33.8 Å². The Morgan fingerprint density at radius 2 is 1.32 bits per heavy atom. The van der Waals surface area contributed by atoms with Gasteiger partial charge in [-0.1, -0.05) is 13.8 Å². The normalized spacial score (nSPS) is 15.1. The number of carbonyl (C=O) groups excluding carboxylic acids is 6. The van der Waals surface area contributed by atoms with Crippen LogP contribution in [0.15, 0.2) is 17.5 Å². The Hall–Kier alpha value is -5.92.